The van der Waals surface area contributed by atoms with Crippen LogP contribution in [0.3, 0.4) is 0 Å². The first-order valence-corrected chi connectivity index (χ1v) is 7.50. The zero-order chi connectivity index (χ0) is 15.4. The smallest absolute Gasteiger partial charge is 0.242 e. The fourth-order valence-corrected chi connectivity index (χ4v) is 2.92. The van der Waals surface area contributed by atoms with Crippen molar-refractivity contribution in [3.8, 4) is 5.75 Å². The number of halogens is 3. The number of likely N-dealkylation sites (tertiary alicyclic amines) is 1. The number of hydrogen-bond donors (Lipinski definition) is 2. The van der Waals surface area contributed by atoms with E-state index in [1.807, 2.05) is 4.90 Å². The van der Waals surface area contributed by atoms with Gasteiger partial charge in [-0.3, -0.25) is 4.79 Å². The first-order chi connectivity index (χ1) is 10.0. The highest BCUT2D eigenvalue weighted by Crippen LogP contribution is 2.28. The molecule has 8 heteroatoms. The van der Waals surface area contributed by atoms with Crippen LogP contribution in [-0.4, -0.2) is 43.6 Å². The third kappa shape index (κ3) is 5.60. The minimum atomic E-state index is 0. The maximum absolute atomic E-state index is 12.3. The van der Waals surface area contributed by atoms with Crippen molar-refractivity contribution in [2.75, 3.05) is 32.1 Å². The summed E-state index contributed by atoms with van der Waals surface area (Å²) in [5, 5.41) is 3.70. The molecule has 132 valence electrons. The molecule has 1 fully saturated rings. The van der Waals surface area contributed by atoms with Gasteiger partial charge in [-0.15, -0.1) is 24.8 Å². The van der Waals surface area contributed by atoms with Crippen molar-refractivity contribution in [3.63, 3.8) is 0 Å². The summed E-state index contributed by atoms with van der Waals surface area (Å²) in [6, 6.07) is 5.53. The summed E-state index contributed by atoms with van der Waals surface area (Å²) in [6.07, 6.45) is 0.975. The highest BCUT2D eigenvalue weighted by atomic mass is 35.5. The molecule has 1 aliphatic heterocycles. The molecule has 1 aromatic rings. The van der Waals surface area contributed by atoms with E-state index in [9.17, 15) is 4.79 Å². The van der Waals surface area contributed by atoms with E-state index in [2.05, 4.69) is 12.2 Å². The maximum Gasteiger partial charge on any atom is 0.242 e. The number of rotatable bonds is 5. The summed E-state index contributed by atoms with van der Waals surface area (Å²) in [4.78, 5) is 14.2. The standard InChI is InChI=1S/C15H22ClN3O2.2ClH/c1-10-5-11(7-17)9-19(10)15(20)8-18-13-6-12(16)3-4-14(13)21-2;;/h3-4,6,10-11,18H,5,7-9,17H2,1-2H3;2*1H. The lowest BCUT2D eigenvalue weighted by atomic mass is 10.1. The Morgan fingerprint density at radius 2 is 2.17 bits per heavy atom. The van der Waals surface area contributed by atoms with Crippen LogP contribution in [0.15, 0.2) is 18.2 Å². The molecular formula is C15H24Cl3N3O2. The molecule has 5 nitrogen and oxygen atoms in total. The van der Waals surface area contributed by atoms with Crippen molar-refractivity contribution in [1.82, 2.24) is 4.90 Å². The van der Waals surface area contributed by atoms with E-state index in [0.29, 0.717) is 23.2 Å². The average molecular weight is 385 g/mol. The van der Waals surface area contributed by atoms with Crippen LogP contribution in [-0.2, 0) is 4.79 Å². The van der Waals surface area contributed by atoms with Crippen LogP contribution in [0, 0.1) is 5.92 Å². The van der Waals surface area contributed by atoms with Crippen molar-refractivity contribution < 1.29 is 9.53 Å². The maximum atomic E-state index is 12.3. The monoisotopic (exact) mass is 383 g/mol. The van der Waals surface area contributed by atoms with Gasteiger partial charge < -0.3 is 20.7 Å². The van der Waals surface area contributed by atoms with Crippen LogP contribution < -0.4 is 15.8 Å². The van der Waals surface area contributed by atoms with Gasteiger partial charge in [0.05, 0.1) is 19.3 Å². The number of carbonyl (C=O) groups is 1. The zero-order valence-electron chi connectivity index (χ0n) is 13.3. The van der Waals surface area contributed by atoms with Gasteiger partial charge in [0, 0.05) is 17.6 Å². The number of nitrogens with two attached hydrogens (primary N) is 1. The Bertz CT molecular complexity index is 517. The van der Waals surface area contributed by atoms with E-state index in [4.69, 9.17) is 22.1 Å². The molecule has 1 heterocycles. The van der Waals surface area contributed by atoms with Crippen LogP contribution in [0.25, 0.3) is 0 Å². The number of amides is 1. The van der Waals surface area contributed by atoms with Gasteiger partial charge in [0.25, 0.3) is 0 Å². The Kier molecular flexibility index (Phi) is 9.70. The first kappa shape index (κ1) is 22.1. The molecular weight excluding hydrogens is 361 g/mol. The fourth-order valence-electron chi connectivity index (χ4n) is 2.75. The number of nitrogens with zero attached hydrogens (tertiary/aromatic N) is 1. The molecule has 3 N–H and O–H groups in total. The molecule has 1 saturated heterocycles. The SMILES string of the molecule is COc1ccc(Cl)cc1NCC(=O)N1CC(CN)CC1C.Cl.Cl. The van der Waals surface area contributed by atoms with Crippen molar-refractivity contribution >= 4 is 48.0 Å². The van der Waals surface area contributed by atoms with Crippen molar-refractivity contribution in [3.05, 3.63) is 23.2 Å². The number of nitrogens with one attached hydrogen (secondary N) is 1. The van der Waals surface area contributed by atoms with Gasteiger partial charge in [0.1, 0.15) is 5.75 Å². The van der Waals surface area contributed by atoms with Gasteiger partial charge >= 0.3 is 0 Å². The highest BCUT2D eigenvalue weighted by molar-refractivity contribution is 6.30. The van der Waals surface area contributed by atoms with E-state index in [-0.39, 0.29) is 43.3 Å². The topological polar surface area (TPSA) is 67.6 Å². The second-order valence-corrected chi connectivity index (χ2v) is 5.87. The van der Waals surface area contributed by atoms with Gasteiger partial charge in [-0.05, 0) is 44.0 Å². The fraction of sp³-hybridized carbons (Fsp3) is 0.533. The van der Waals surface area contributed by atoms with Crippen molar-refractivity contribution in [2.45, 2.75) is 19.4 Å². The molecule has 2 unspecified atom stereocenters. The van der Waals surface area contributed by atoms with Crippen LogP contribution in [0.4, 0.5) is 5.69 Å². The quantitative estimate of drug-likeness (QED) is 0.819. The van der Waals surface area contributed by atoms with Crippen LogP contribution in [0.5, 0.6) is 5.75 Å². The lowest BCUT2D eigenvalue weighted by Crippen LogP contribution is -2.38. The molecule has 0 spiro atoms. The Labute approximate surface area is 154 Å². The largest absolute Gasteiger partial charge is 0.495 e. The summed E-state index contributed by atoms with van der Waals surface area (Å²) in [7, 11) is 1.59. The Balaban J connectivity index is 0.00000242. The molecule has 0 saturated carbocycles. The Morgan fingerprint density at radius 3 is 2.74 bits per heavy atom. The number of benzene rings is 1. The second kappa shape index (κ2) is 10.1. The van der Waals surface area contributed by atoms with Gasteiger partial charge in [0.15, 0.2) is 0 Å². The van der Waals surface area contributed by atoms with Gasteiger partial charge in [-0.1, -0.05) is 11.6 Å². The lowest BCUT2D eigenvalue weighted by molar-refractivity contribution is -0.129. The third-order valence-corrected chi connectivity index (χ3v) is 4.14. The number of carbonyl (C=O) groups excluding carboxylic acids is 1. The summed E-state index contributed by atoms with van der Waals surface area (Å²) >= 11 is 5.97. The Morgan fingerprint density at radius 1 is 1.48 bits per heavy atom. The molecule has 1 aromatic carbocycles. The van der Waals surface area contributed by atoms with E-state index in [1.165, 1.54) is 0 Å². The number of hydrogen-bond acceptors (Lipinski definition) is 4. The minimum Gasteiger partial charge on any atom is -0.495 e. The molecule has 0 radical (unpaired) electrons. The summed E-state index contributed by atoms with van der Waals surface area (Å²) in [5.41, 5.74) is 6.42. The predicted octanol–water partition coefficient (Wildman–Crippen LogP) is 2.80. The number of ether oxygens (including phenoxy) is 1. The summed E-state index contributed by atoms with van der Waals surface area (Å²) in [6.45, 7) is 3.65. The second-order valence-electron chi connectivity index (χ2n) is 5.43. The summed E-state index contributed by atoms with van der Waals surface area (Å²) < 4.78 is 5.25. The van der Waals surface area contributed by atoms with Crippen LogP contribution in [0.2, 0.25) is 5.02 Å². The number of methoxy groups -OCH3 is 1. The molecule has 23 heavy (non-hydrogen) atoms. The van der Waals surface area contributed by atoms with Crippen LogP contribution >= 0.6 is 36.4 Å². The average Bonchev–Trinajstić information content (AvgIpc) is 2.86. The molecule has 2 rings (SSSR count). The van der Waals surface area contributed by atoms with Gasteiger partial charge in [0.2, 0.25) is 5.91 Å². The minimum absolute atomic E-state index is 0. The van der Waals surface area contributed by atoms with Crippen LogP contribution in [0.1, 0.15) is 13.3 Å². The lowest BCUT2D eigenvalue weighted by Gasteiger charge is -2.22. The molecule has 0 aromatic heterocycles. The molecule has 1 amide bonds. The first-order valence-electron chi connectivity index (χ1n) is 7.12. The van der Waals surface area contributed by atoms with Crippen molar-refractivity contribution in [1.29, 1.82) is 0 Å². The van der Waals surface area contributed by atoms with Crippen molar-refractivity contribution in [2.24, 2.45) is 11.7 Å². The molecule has 1 aliphatic rings. The molecule has 0 aliphatic carbocycles. The Hall–Kier alpha value is -0.880. The summed E-state index contributed by atoms with van der Waals surface area (Å²) in [5.74, 6) is 1.15. The van der Waals surface area contributed by atoms with E-state index >= 15 is 0 Å². The van der Waals surface area contributed by atoms with Gasteiger partial charge in [-0.25, -0.2) is 0 Å². The van der Waals surface area contributed by atoms with E-state index in [0.717, 1.165) is 18.7 Å². The number of anilines is 1. The van der Waals surface area contributed by atoms with E-state index in [1.54, 1.807) is 25.3 Å². The highest BCUT2D eigenvalue weighted by Gasteiger charge is 2.31. The van der Waals surface area contributed by atoms with Gasteiger partial charge in [-0.2, -0.15) is 0 Å². The third-order valence-electron chi connectivity index (χ3n) is 3.91. The normalized spacial score (nSPS) is 19.6. The van der Waals surface area contributed by atoms with E-state index < -0.39 is 0 Å². The zero-order valence-corrected chi connectivity index (χ0v) is 15.6. The molecule has 0 bridgehead atoms. The predicted molar refractivity (Wildman–Crippen MR) is 99.3 cm³/mol. The molecule has 2 atom stereocenters.